The van der Waals surface area contributed by atoms with Crippen LogP contribution in [0.2, 0.25) is 0 Å². The molecule has 0 aliphatic carbocycles. The largest absolute Gasteiger partial charge is 0.481 e. The Kier molecular flexibility index (Phi) is 5.40. The van der Waals surface area contributed by atoms with E-state index in [-0.39, 0.29) is 6.42 Å². The minimum Gasteiger partial charge on any atom is -0.481 e. The maximum atomic E-state index is 10.6. The molecule has 7 heteroatoms. The van der Waals surface area contributed by atoms with E-state index in [2.05, 4.69) is 44.5 Å². The Hall–Kier alpha value is -2.38. The number of anilines is 2. The first-order valence-corrected chi connectivity index (χ1v) is 9.98. The van der Waals surface area contributed by atoms with Crippen LogP contribution >= 0.6 is 11.8 Å². The average molecular weight is 382 g/mol. The van der Waals surface area contributed by atoms with Gasteiger partial charge in [-0.05, 0) is 49.5 Å². The van der Waals surface area contributed by atoms with Gasteiger partial charge in [-0.1, -0.05) is 30.0 Å². The lowest BCUT2D eigenvalue weighted by Crippen LogP contribution is -2.32. The van der Waals surface area contributed by atoms with E-state index in [4.69, 9.17) is 5.11 Å². The van der Waals surface area contributed by atoms with E-state index in [1.54, 1.807) is 30.2 Å². The fourth-order valence-electron chi connectivity index (χ4n) is 3.50. The number of carboxylic acids is 1. The van der Waals surface area contributed by atoms with Crippen molar-refractivity contribution in [2.45, 2.75) is 35.7 Å². The number of aliphatic carboxylic acids is 1. The van der Waals surface area contributed by atoms with Gasteiger partial charge < -0.3 is 10.4 Å². The van der Waals surface area contributed by atoms with E-state index in [9.17, 15) is 4.79 Å². The van der Waals surface area contributed by atoms with Gasteiger partial charge in [0.15, 0.2) is 5.82 Å². The van der Waals surface area contributed by atoms with Gasteiger partial charge in [0.1, 0.15) is 5.03 Å². The number of nitrogens with zero attached hydrogens (tertiary/aromatic N) is 3. The molecule has 0 saturated carbocycles. The molecule has 2 aromatic rings. The third-order valence-corrected chi connectivity index (χ3v) is 5.98. The molecule has 2 aliphatic rings. The maximum absolute atomic E-state index is 10.6. The van der Waals surface area contributed by atoms with Crippen LogP contribution in [0.4, 0.5) is 11.5 Å². The summed E-state index contributed by atoms with van der Waals surface area (Å²) >= 11 is 1.65. The Morgan fingerprint density at radius 1 is 1.30 bits per heavy atom. The first-order chi connectivity index (χ1) is 13.2. The second-order valence-electron chi connectivity index (χ2n) is 6.91. The lowest BCUT2D eigenvalue weighted by atomic mass is 9.95. The van der Waals surface area contributed by atoms with Crippen molar-refractivity contribution in [3.8, 4) is 0 Å². The molecule has 0 spiro atoms. The Bertz CT molecular complexity index is 863. The highest BCUT2D eigenvalue weighted by atomic mass is 32.2. The number of nitrogens with one attached hydrogen (secondary N) is 1. The van der Waals surface area contributed by atoms with Gasteiger partial charge in [-0.2, -0.15) is 0 Å². The highest BCUT2D eigenvalue weighted by molar-refractivity contribution is 7.99. The van der Waals surface area contributed by atoms with E-state index < -0.39 is 5.97 Å². The number of rotatable bonds is 5. The van der Waals surface area contributed by atoms with E-state index in [1.807, 2.05) is 0 Å². The van der Waals surface area contributed by atoms with Crippen LogP contribution in [0.5, 0.6) is 0 Å². The number of piperidine rings is 1. The number of hydrogen-bond donors (Lipinski definition) is 2. The predicted octanol–water partition coefficient (Wildman–Crippen LogP) is 3.93. The number of carbonyl (C=O) groups is 1. The summed E-state index contributed by atoms with van der Waals surface area (Å²) in [6, 6.07) is 6.55. The Morgan fingerprint density at radius 2 is 2.11 bits per heavy atom. The van der Waals surface area contributed by atoms with E-state index in [0.29, 0.717) is 5.92 Å². The van der Waals surface area contributed by atoms with Crippen molar-refractivity contribution in [2.75, 3.05) is 18.4 Å². The summed E-state index contributed by atoms with van der Waals surface area (Å²) in [7, 11) is 0. The topological polar surface area (TPSA) is 78.4 Å². The molecule has 3 heterocycles. The van der Waals surface area contributed by atoms with Crippen molar-refractivity contribution >= 4 is 29.2 Å². The van der Waals surface area contributed by atoms with Crippen LogP contribution in [0.3, 0.4) is 0 Å². The van der Waals surface area contributed by atoms with E-state index in [1.165, 1.54) is 10.5 Å². The molecule has 4 rings (SSSR count). The van der Waals surface area contributed by atoms with Gasteiger partial charge in [0.2, 0.25) is 0 Å². The van der Waals surface area contributed by atoms with Crippen LogP contribution in [0.25, 0.3) is 0 Å². The second kappa shape index (κ2) is 8.10. The van der Waals surface area contributed by atoms with Crippen LogP contribution in [0, 0.1) is 5.92 Å². The fourth-order valence-corrected chi connectivity index (χ4v) is 4.38. The van der Waals surface area contributed by atoms with Crippen LogP contribution in [-0.2, 0) is 11.3 Å². The minimum absolute atomic E-state index is 0.119. The van der Waals surface area contributed by atoms with Crippen molar-refractivity contribution < 1.29 is 9.90 Å². The number of carboxylic acid groups (broad SMARTS) is 1. The zero-order valence-corrected chi connectivity index (χ0v) is 15.8. The zero-order valence-electron chi connectivity index (χ0n) is 15.0. The molecule has 27 heavy (non-hydrogen) atoms. The number of benzene rings is 1. The second-order valence-corrected chi connectivity index (χ2v) is 7.94. The molecule has 0 atom stereocenters. The maximum Gasteiger partial charge on any atom is 0.307 e. The molecule has 1 aromatic heterocycles. The summed E-state index contributed by atoms with van der Waals surface area (Å²) in [6.07, 6.45) is 9.56. The molecule has 0 amide bonds. The summed E-state index contributed by atoms with van der Waals surface area (Å²) in [4.78, 5) is 23.0. The number of fused-ring (bicyclic) bond motifs is 2. The highest BCUT2D eigenvalue weighted by Crippen LogP contribution is 2.42. The van der Waals surface area contributed by atoms with Gasteiger partial charge in [0.05, 0.1) is 12.1 Å². The van der Waals surface area contributed by atoms with E-state index >= 15 is 0 Å². The number of allylic oxidation sites excluding steroid dienone is 1. The molecule has 1 saturated heterocycles. The lowest BCUT2D eigenvalue weighted by Gasteiger charge is -2.31. The van der Waals surface area contributed by atoms with Crippen molar-refractivity contribution in [1.29, 1.82) is 0 Å². The number of aromatic nitrogens is 2. The summed E-state index contributed by atoms with van der Waals surface area (Å²) in [5, 5.41) is 13.0. The third kappa shape index (κ3) is 4.48. The van der Waals surface area contributed by atoms with Crippen molar-refractivity contribution in [2.24, 2.45) is 5.92 Å². The van der Waals surface area contributed by atoms with Gasteiger partial charge in [-0.15, -0.1) is 0 Å². The third-order valence-electron chi connectivity index (χ3n) is 4.91. The van der Waals surface area contributed by atoms with Crippen molar-refractivity contribution in [3.05, 3.63) is 48.3 Å². The molecule has 1 aromatic carbocycles. The van der Waals surface area contributed by atoms with Crippen LogP contribution in [0.1, 0.15) is 24.8 Å². The quantitative estimate of drug-likeness (QED) is 0.647. The SMILES string of the molecule is O=C(O)C/C=C/C1CCN(Cc2ccc3c(c2)Nc2nccnc2S3)CC1. The highest BCUT2D eigenvalue weighted by Gasteiger charge is 2.20. The molecule has 0 bridgehead atoms. The molecule has 140 valence electrons. The molecule has 6 nitrogen and oxygen atoms in total. The number of hydrogen-bond acceptors (Lipinski definition) is 6. The molecular formula is C20H22N4O2S. The lowest BCUT2D eigenvalue weighted by molar-refractivity contribution is -0.136. The van der Waals surface area contributed by atoms with Crippen LogP contribution < -0.4 is 5.32 Å². The van der Waals surface area contributed by atoms with Gasteiger partial charge in [-0.25, -0.2) is 9.97 Å². The molecule has 2 aliphatic heterocycles. The van der Waals surface area contributed by atoms with Gasteiger partial charge >= 0.3 is 5.97 Å². The first-order valence-electron chi connectivity index (χ1n) is 9.17. The molecule has 1 fully saturated rings. The van der Waals surface area contributed by atoms with Gasteiger partial charge in [-0.3, -0.25) is 9.69 Å². The summed E-state index contributed by atoms with van der Waals surface area (Å²) < 4.78 is 0. The Balaban J connectivity index is 1.34. The Labute approximate surface area is 162 Å². The van der Waals surface area contributed by atoms with Gasteiger partial charge in [0, 0.05) is 23.8 Å². The number of likely N-dealkylation sites (tertiary alicyclic amines) is 1. The zero-order chi connectivity index (χ0) is 18.6. The monoisotopic (exact) mass is 382 g/mol. The summed E-state index contributed by atoms with van der Waals surface area (Å²) in [6.45, 7) is 3.00. The smallest absolute Gasteiger partial charge is 0.307 e. The fraction of sp³-hybridized carbons (Fsp3) is 0.350. The standard InChI is InChI=1S/C20H22N4O2S/c25-18(26)3-1-2-14-6-10-24(11-7-14)13-15-4-5-17-16(12-15)23-19-20(27-17)22-9-8-21-19/h1-2,4-5,8-9,12,14H,3,6-7,10-11,13H2,(H,21,23)(H,25,26)/b2-1+. The Morgan fingerprint density at radius 3 is 2.93 bits per heavy atom. The van der Waals surface area contributed by atoms with Crippen LogP contribution in [0.15, 0.2) is 52.7 Å². The van der Waals surface area contributed by atoms with Crippen LogP contribution in [-0.4, -0.2) is 39.0 Å². The summed E-state index contributed by atoms with van der Waals surface area (Å²) in [5.41, 5.74) is 2.38. The average Bonchev–Trinajstić information content (AvgIpc) is 2.67. The normalized spacial score (nSPS) is 17.3. The molecule has 0 radical (unpaired) electrons. The molecule has 0 unspecified atom stereocenters. The molecular weight excluding hydrogens is 360 g/mol. The first kappa shape index (κ1) is 18.0. The molecule has 2 N–H and O–H groups in total. The minimum atomic E-state index is -0.767. The predicted molar refractivity (Wildman–Crippen MR) is 105 cm³/mol. The van der Waals surface area contributed by atoms with Crippen molar-refractivity contribution in [1.82, 2.24) is 14.9 Å². The summed E-state index contributed by atoms with van der Waals surface area (Å²) in [5.74, 6) is 0.551. The van der Waals surface area contributed by atoms with Crippen molar-refractivity contribution in [3.63, 3.8) is 0 Å². The van der Waals surface area contributed by atoms with Gasteiger partial charge in [0.25, 0.3) is 0 Å². The van der Waals surface area contributed by atoms with E-state index in [0.717, 1.165) is 49.0 Å².